The molecule has 0 aliphatic carbocycles. The van der Waals surface area contributed by atoms with E-state index >= 15 is 0 Å². The van der Waals surface area contributed by atoms with E-state index in [9.17, 15) is 14.7 Å². The molecule has 0 saturated carbocycles. The molecule has 0 aromatic rings. The predicted molar refractivity (Wildman–Crippen MR) is 81.1 cm³/mol. The van der Waals surface area contributed by atoms with Crippen LogP contribution in [0.4, 0.5) is 0 Å². The lowest BCUT2D eigenvalue weighted by Gasteiger charge is -2.40. The van der Waals surface area contributed by atoms with Gasteiger partial charge in [-0.05, 0) is 38.6 Å². The van der Waals surface area contributed by atoms with E-state index in [-0.39, 0.29) is 5.91 Å². The van der Waals surface area contributed by atoms with Crippen LogP contribution in [0.5, 0.6) is 0 Å². The third-order valence-corrected chi connectivity index (χ3v) is 4.94. The van der Waals surface area contributed by atoms with Gasteiger partial charge in [-0.15, -0.1) is 0 Å². The summed E-state index contributed by atoms with van der Waals surface area (Å²) in [7, 11) is 0. The molecule has 120 valence electrons. The number of carboxylic acid groups (broad SMARTS) is 1. The molecule has 1 N–H and O–H groups in total. The van der Waals surface area contributed by atoms with E-state index in [0.29, 0.717) is 19.5 Å². The quantitative estimate of drug-likeness (QED) is 0.814. The Labute approximate surface area is 127 Å². The second kappa shape index (κ2) is 7.25. The Bertz CT molecular complexity index is 376. The molecule has 0 aromatic carbocycles. The Kier molecular flexibility index (Phi) is 5.62. The zero-order valence-electron chi connectivity index (χ0n) is 13.1. The fraction of sp³-hybridized carbons (Fsp3) is 0.875. The van der Waals surface area contributed by atoms with E-state index in [1.165, 1.54) is 0 Å². The third-order valence-electron chi connectivity index (χ3n) is 4.94. The molecule has 2 fully saturated rings. The molecule has 21 heavy (non-hydrogen) atoms. The molecule has 1 amide bonds. The zero-order chi connectivity index (χ0) is 15.3. The number of carbonyl (C=O) groups is 2. The number of carboxylic acids is 1. The summed E-state index contributed by atoms with van der Waals surface area (Å²) < 4.78 is 0. The minimum atomic E-state index is -0.667. The van der Waals surface area contributed by atoms with Crippen LogP contribution in [-0.2, 0) is 9.59 Å². The van der Waals surface area contributed by atoms with Crippen LogP contribution in [-0.4, -0.2) is 59.5 Å². The smallest absolute Gasteiger partial charge is 0.310 e. The minimum Gasteiger partial charge on any atom is -0.481 e. The average Bonchev–Trinajstić information content (AvgIpc) is 2.99. The maximum atomic E-state index is 12.1. The molecular formula is C16H28N2O3. The Morgan fingerprint density at radius 3 is 2.48 bits per heavy atom. The SMILES string of the molecule is CCCC1(C(=O)O)CCCN(CCC(=O)N2CCCC2)C1. The van der Waals surface area contributed by atoms with Crippen LogP contribution in [0.25, 0.3) is 0 Å². The Balaban J connectivity index is 1.85. The summed E-state index contributed by atoms with van der Waals surface area (Å²) in [5.74, 6) is -0.436. The van der Waals surface area contributed by atoms with E-state index in [4.69, 9.17) is 0 Å². The summed E-state index contributed by atoms with van der Waals surface area (Å²) in [6.45, 7) is 6.06. The van der Waals surface area contributed by atoms with Gasteiger partial charge in [-0.1, -0.05) is 13.3 Å². The number of hydrogen-bond donors (Lipinski definition) is 1. The molecule has 2 heterocycles. The number of likely N-dealkylation sites (tertiary alicyclic amines) is 2. The van der Waals surface area contributed by atoms with Crippen molar-refractivity contribution in [2.75, 3.05) is 32.7 Å². The Morgan fingerprint density at radius 2 is 1.86 bits per heavy atom. The molecular weight excluding hydrogens is 268 g/mol. The predicted octanol–water partition coefficient (Wildman–Crippen LogP) is 1.97. The first-order valence-corrected chi connectivity index (χ1v) is 8.31. The van der Waals surface area contributed by atoms with Crippen LogP contribution >= 0.6 is 0 Å². The summed E-state index contributed by atoms with van der Waals surface area (Å²) in [5, 5.41) is 9.59. The topological polar surface area (TPSA) is 60.9 Å². The van der Waals surface area contributed by atoms with Crippen molar-refractivity contribution in [2.24, 2.45) is 5.41 Å². The third kappa shape index (κ3) is 3.96. The summed E-state index contributed by atoms with van der Waals surface area (Å²) in [5.41, 5.74) is -0.594. The zero-order valence-corrected chi connectivity index (χ0v) is 13.1. The monoisotopic (exact) mass is 296 g/mol. The van der Waals surface area contributed by atoms with Crippen molar-refractivity contribution in [3.05, 3.63) is 0 Å². The molecule has 0 radical (unpaired) electrons. The van der Waals surface area contributed by atoms with Gasteiger partial charge in [0.05, 0.1) is 5.41 Å². The lowest BCUT2D eigenvalue weighted by atomic mass is 9.76. The van der Waals surface area contributed by atoms with Gasteiger partial charge in [0, 0.05) is 32.6 Å². The minimum absolute atomic E-state index is 0.231. The van der Waals surface area contributed by atoms with Gasteiger partial charge in [0.1, 0.15) is 0 Å². The highest BCUT2D eigenvalue weighted by Crippen LogP contribution is 2.35. The van der Waals surface area contributed by atoms with E-state index < -0.39 is 11.4 Å². The molecule has 2 saturated heterocycles. The van der Waals surface area contributed by atoms with Gasteiger partial charge < -0.3 is 14.9 Å². The summed E-state index contributed by atoms with van der Waals surface area (Å²) in [6, 6.07) is 0. The van der Waals surface area contributed by atoms with Gasteiger partial charge in [-0.2, -0.15) is 0 Å². The largest absolute Gasteiger partial charge is 0.481 e. The second-order valence-corrected chi connectivity index (χ2v) is 6.55. The van der Waals surface area contributed by atoms with Crippen molar-refractivity contribution in [1.29, 1.82) is 0 Å². The van der Waals surface area contributed by atoms with Crippen molar-refractivity contribution in [2.45, 2.75) is 51.9 Å². The molecule has 1 atom stereocenters. The molecule has 2 aliphatic rings. The summed E-state index contributed by atoms with van der Waals surface area (Å²) >= 11 is 0. The highest BCUT2D eigenvalue weighted by Gasteiger charge is 2.41. The Morgan fingerprint density at radius 1 is 1.14 bits per heavy atom. The van der Waals surface area contributed by atoms with Crippen LogP contribution in [0, 0.1) is 5.41 Å². The maximum Gasteiger partial charge on any atom is 0.310 e. The number of rotatable bonds is 6. The molecule has 1 unspecified atom stereocenters. The maximum absolute atomic E-state index is 12.1. The second-order valence-electron chi connectivity index (χ2n) is 6.55. The first kappa shape index (κ1) is 16.3. The van der Waals surface area contributed by atoms with Crippen molar-refractivity contribution in [1.82, 2.24) is 9.80 Å². The van der Waals surface area contributed by atoms with Gasteiger partial charge in [-0.3, -0.25) is 9.59 Å². The van der Waals surface area contributed by atoms with Crippen LogP contribution in [0.1, 0.15) is 51.9 Å². The number of nitrogens with zero attached hydrogens (tertiary/aromatic N) is 2. The summed E-state index contributed by atoms with van der Waals surface area (Å²) in [4.78, 5) is 27.9. The van der Waals surface area contributed by atoms with Crippen molar-refractivity contribution in [3.63, 3.8) is 0 Å². The van der Waals surface area contributed by atoms with Gasteiger partial charge in [0.15, 0.2) is 0 Å². The van der Waals surface area contributed by atoms with Crippen molar-refractivity contribution < 1.29 is 14.7 Å². The first-order valence-electron chi connectivity index (χ1n) is 8.31. The first-order chi connectivity index (χ1) is 10.1. The molecule has 0 spiro atoms. The fourth-order valence-corrected chi connectivity index (χ4v) is 3.76. The fourth-order valence-electron chi connectivity index (χ4n) is 3.76. The van der Waals surface area contributed by atoms with Gasteiger partial charge in [-0.25, -0.2) is 0 Å². The number of aliphatic carboxylic acids is 1. The highest BCUT2D eigenvalue weighted by atomic mass is 16.4. The van der Waals surface area contributed by atoms with E-state index in [0.717, 1.165) is 58.2 Å². The molecule has 0 bridgehead atoms. The molecule has 5 nitrogen and oxygen atoms in total. The van der Waals surface area contributed by atoms with Crippen LogP contribution < -0.4 is 0 Å². The van der Waals surface area contributed by atoms with E-state index in [2.05, 4.69) is 4.90 Å². The molecule has 0 aromatic heterocycles. The van der Waals surface area contributed by atoms with Gasteiger partial charge >= 0.3 is 5.97 Å². The number of amides is 1. The van der Waals surface area contributed by atoms with Crippen LogP contribution in [0.15, 0.2) is 0 Å². The molecule has 2 rings (SSSR count). The van der Waals surface area contributed by atoms with Crippen LogP contribution in [0.3, 0.4) is 0 Å². The normalized spacial score (nSPS) is 27.0. The standard InChI is InChI=1S/C16H28N2O3/c1-2-7-16(15(20)21)8-5-9-17(13-16)12-6-14(19)18-10-3-4-11-18/h2-13H2,1H3,(H,20,21). The average molecular weight is 296 g/mol. The molecule has 2 aliphatic heterocycles. The highest BCUT2D eigenvalue weighted by molar-refractivity contribution is 5.77. The van der Waals surface area contributed by atoms with Crippen molar-refractivity contribution >= 4 is 11.9 Å². The Hall–Kier alpha value is -1.10. The number of carbonyl (C=O) groups excluding carboxylic acids is 1. The number of piperidine rings is 1. The van der Waals surface area contributed by atoms with E-state index in [1.54, 1.807) is 0 Å². The number of hydrogen-bond acceptors (Lipinski definition) is 3. The van der Waals surface area contributed by atoms with Gasteiger partial charge in [0.25, 0.3) is 0 Å². The molecule has 5 heteroatoms. The van der Waals surface area contributed by atoms with Crippen molar-refractivity contribution in [3.8, 4) is 0 Å². The van der Waals surface area contributed by atoms with Gasteiger partial charge in [0.2, 0.25) is 5.91 Å². The van der Waals surface area contributed by atoms with E-state index in [1.807, 2.05) is 11.8 Å². The summed E-state index contributed by atoms with van der Waals surface area (Å²) in [6.07, 6.45) is 6.09. The van der Waals surface area contributed by atoms with Crippen LogP contribution in [0.2, 0.25) is 0 Å². The lowest BCUT2D eigenvalue weighted by Crippen LogP contribution is -2.48. The lowest BCUT2D eigenvalue weighted by molar-refractivity contribution is -0.153.